The predicted molar refractivity (Wildman–Crippen MR) is 66.8 cm³/mol. The molecule has 0 amide bonds. The average molecular weight is 220 g/mol. The van der Waals surface area contributed by atoms with Crippen LogP contribution in [-0.2, 0) is 0 Å². The molecule has 1 aromatic rings. The highest BCUT2D eigenvalue weighted by molar-refractivity contribution is 5.48. The molecule has 1 aliphatic rings. The van der Waals surface area contributed by atoms with Crippen molar-refractivity contribution in [3.8, 4) is 5.75 Å². The fourth-order valence-electron chi connectivity index (χ4n) is 2.29. The summed E-state index contributed by atoms with van der Waals surface area (Å²) in [6, 6.07) is 8.46. The normalized spacial score (nSPS) is 24.4. The fraction of sp³-hybridized carbons (Fsp3) is 0.538. The number of anilines is 1. The monoisotopic (exact) mass is 220 g/mol. The first kappa shape index (κ1) is 11.3. The molecule has 3 N–H and O–H groups in total. The van der Waals surface area contributed by atoms with Crippen LogP contribution >= 0.6 is 0 Å². The number of hydrogen-bond donors (Lipinski definition) is 2. The van der Waals surface area contributed by atoms with E-state index in [1.807, 2.05) is 18.2 Å². The molecule has 3 heteroatoms. The van der Waals surface area contributed by atoms with Crippen molar-refractivity contribution in [1.29, 1.82) is 0 Å². The standard InChI is InChI=1S/C13H20N2O/c1-16-13-4-2-3-12(8-13)15-9-10-5-6-11(14)7-10/h2-4,8,10-11,15H,5-7,9,14H2,1H3. The molecular weight excluding hydrogens is 200 g/mol. The second-order valence-corrected chi connectivity index (χ2v) is 4.55. The second kappa shape index (κ2) is 5.21. The van der Waals surface area contributed by atoms with E-state index < -0.39 is 0 Å². The third-order valence-electron chi connectivity index (χ3n) is 3.25. The zero-order valence-electron chi connectivity index (χ0n) is 9.78. The van der Waals surface area contributed by atoms with Crippen LogP contribution in [0.15, 0.2) is 24.3 Å². The lowest BCUT2D eigenvalue weighted by Gasteiger charge is -2.12. The summed E-state index contributed by atoms with van der Waals surface area (Å²) in [5, 5.41) is 3.45. The van der Waals surface area contributed by atoms with Crippen molar-refractivity contribution >= 4 is 5.69 Å². The Balaban J connectivity index is 1.84. The Morgan fingerprint density at radius 3 is 3.00 bits per heavy atom. The Labute approximate surface area is 97.0 Å². The van der Waals surface area contributed by atoms with Crippen LogP contribution < -0.4 is 15.8 Å². The molecular formula is C13H20N2O. The lowest BCUT2D eigenvalue weighted by molar-refractivity contribution is 0.415. The van der Waals surface area contributed by atoms with Crippen molar-refractivity contribution in [2.45, 2.75) is 25.3 Å². The summed E-state index contributed by atoms with van der Waals surface area (Å²) in [6.07, 6.45) is 3.57. The van der Waals surface area contributed by atoms with Crippen LogP contribution in [0.25, 0.3) is 0 Å². The molecule has 0 heterocycles. The molecule has 16 heavy (non-hydrogen) atoms. The molecule has 0 saturated heterocycles. The lowest BCUT2D eigenvalue weighted by atomic mass is 10.1. The first-order valence-electron chi connectivity index (χ1n) is 5.91. The van der Waals surface area contributed by atoms with Gasteiger partial charge in [0.2, 0.25) is 0 Å². The van der Waals surface area contributed by atoms with E-state index in [-0.39, 0.29) is 0 Å². The van der Waals surface area contributed by atoms with Gasteiger partial charge in [0.1, 0.15) is 5.75 Å². The Morgan fingerprint density at radius 1 is 1.44 bits per heavy atom. The number of nitrogens with two attached hydrogens (primary N) is 1. The number of hydrogen-bond acceptors (Lipinski definition) is 3. The molecule has 1 aliphatic carbocycles. The van der Waals surface area contributed by atoms with Crippen molar-refractivity contribution in [1.82, 2.24) is 0 Å². The van der Waals surface area contributed by atoms with Crippen LogP contribution in [0.5, 0.6) is 5.75 Å². The highest BCUT2D eigenvalue weighted by atomic mass is 16.5. The van der Waals surface area contributed by atoms with E-state index in [0.29, 0.717) is 6.04 Å². The van der Waals surface area contributed by atoms with Gasteiger partial charge in [-0.25, -0.2) is 0 Å². The molecule has 1 aromatic carbocycles. The third-order valence-corrected chi connectivity index (χ3v) is 3.25. The first-order chi connectivity index (χ1) is 7.78. The molecule has 0 bridgehead atoms. The van der Waals surface area contributed by atoms with Crippen LogP contribution in [0.2, 0.25) is 0 Å². The Morgan fingerprint density at radius 2 is 2.31 bits per heavy atom. The van der Waals surface area contributed by atoms with Crippen LogP contribution in [-0.4, -0.2) is 19.7 Å². The summed E-state index contributed by atoms with van der Waals surface area (Å²) in [4.78, 5) is 0. The van der Waals surface area contributed by atoms with Gasteiger partial charge in [0.25, 0.3) is 0 Å². The maximum Gasteiger partial charge on any atom is 0.120 e. The van der Waals surface area contributed by atoms with Gasteiger partial charge >= 0.3 is 0 Å². The van der Waals surface area contributed by atoms with E-state index in [1.54, 1.807) is 7.11 Å². The van der Waals surface area contributed by atoms with Crippen molar-refractivity contribution in [2.75, 3.05) is 19.0 Å². The van der Waals surface area contributed by atoms with E-state index >= 15 is 0 Å². The van der Waals surface area contributed by atoms with E-state index in [4.69, 9.17) is 10.5 Å². The van der Waals surface area contributed by atoms with Gasteiger partial charge in [0, 0.05) is 24.3 Å². The molecule has 1 saturated carbocycles. The molecule has 0 aliphatic heterocycles. The molecule has 3 nitrogen and oxygen atoms in total. The van der Waals surface area contributed by atoms with E-state index in [0.717, 1.165) is 30.3 Å². The van der Waals surface area contributed by atoms with Gasteiger partial charge in [-0.05, 0) is 37.3 Å². The lowest BCUT2D eigenvalue weighted by Crippen LogP contribution is -2.17. The zero-order valence-corrected chi connectivity index (χ0v) is 9.78. The number of ether oxygens (including phenoxy) is 1. The van der Waals surface area contributed by atoms with Crippen LogP contribution in [0.4, 0.5) is 5.69 Å². The number of rotatable bonds is 4. The smallest absolute Gasteiger partial charge is 0.120 e. The molecule has 0 spiro atoms. The van der Waals surface area contributed by atoms with Crippen LogP contribution in [0.3, 0.4) is 0 Å². The van der Waals surface area contributed by atoms with Gasteiger partial charge in [-0.15, -0.1) is 0 Å². The number of nitrogens with one attached hydrogen (secondary N) is 1. The highest BCUT2D eigenvalue weighted by Crippen LogP contribution is 2.25. The molecule has 2 atom stereocenters. The topological polar surface area (TPSA) is 47.3 Å². The SMILES string of the molecule is COc1cccc(NCC2CCC(N)C2)c1. The summed E-state index contributed by atoms with van der Waals surface area (Å²) < 4.78 is 5.18. The maximum atomic E-state index is 5.89. The van der Waals surface area contributed by atoms with E-state index in [9.17, 15) is 0 Å². The van der Waals surface area contributed by atoms with E-state index in [2.05, 4.69) is 11.4 Å². The summed E-state index contributed by atoms with van der Waals surface area (Å²) in [5.74, 6) is 1.62. The largest absolute Gasteiger partial charge is 0.497 e. The molecule has 2 unspecified atom stereocenters. The second-order valence-electron chi connectivity index (χ2n) is 4.55. The summed E-state index contributed by atoms with van der Waals surface area (Å²) >= 11 is 0. The minimum absolute atomic E-state index is 0.414. The first-order valence-corrected chi connectivity index (χ1v) is 5.91. The summed E-state index contributed by atoms with van der Waals surface area (Å²) in [6.45, 7) is 1.01. The van der Waals surface area contributed by atoms with Gasteiger partial charge in [0.15, 0.2) is 0 Å². The minimum Gasteiger partial charge on any atom is -0.497 e. The third kappa shape index (κ3) is 2.89. The molecule has 0 radical (unpaired) electrons. The molecule has 0 aromatic heterocycles. The van der Waals surface area contributed by atoms with Crippen LogP contribution in [0.1, 0.15) is 19.3 Å². The number of benzene rings is 1. The molecule has 1 fully saturated rings. The van der Waals surface area contributed by atoms with Gasteiger partial charge in [-0.3, -0.25) is 0 Å². The quantitative estimate of drug-likeness (QED) is 0.818. The Hall–Kier alpha value is -1.22. The number of methoxy groups -OCH3 is 1. The van der Waals surface area contributed by atoms with Gasteiger partial charge in [-0.2, -0.15) is 0 Å². The summed E-state index contributed by atoms with van der Waals surface area (Å²) in [7, 11) is 1.69. The van der Waals surface area contributed by atoms with Gasteiger partial charge in [0.05, 0.1) is 7.11 Å². The van der Waals surface area contributed by atoms with Crippen LogP contribution in [0, 0.1) is 5.92 Å². The highest BCUT2D eigenvalue weighted by Gasteiger charge is 2.21. The Bertz CT molecular complexity index is 340. The minimum atomic E-state index is 0.414. The fourth-order valence-corrected chi connectivity index (χ4v) is 2.29. The van der Waals surface area contributed by atoms with Crippen molar-refractivity contribution in [3.05, 3.63) is 24.3 Å². The average Bonchev–Trinajstić information content (AvgIpc) is 2.73. The van der Waals surface area contributed by atoms with Crippen molar-refractivity contribution in [3.63, 3.8) is 0 Å². The van der Waals surface area contributed by atoms with Gasteiger partial charge in [-0.1, -0.05) is 6.07 Å². The Kier molecular flexibility index (Phi) is 3.67. The maximum absolute atomic E-state index is 5.89. The van der Waals surface area contributed by atoms with Gasteiger partial charge < -0.3 is 15.8 Å². The summed E-state index contributed by atoms with van der Waals surface area (Å²) in [5.41, 5.74) is 7.02. The van der Waals surface area contributed by atoms with Crippen molar-refractivity contribution < 1.29 is 4.74 Å². The van der Waals surface area contributed by atoms with Crippen molar-refractivity contribution in [2.24, 2.45) is 11.7 Å². The molecule has 2 rings (SSSR count). The predicted octanol–water partition coefficient (Wildman–Crippen LogP) is 2.23. The molecule has 88 valence electrons. The van der Waals surface area contributed by atoms with E-state index in [1.165, 1.54) is 12.8 Å². The zero-order chi connectivity index (χ0) is 11.4.